The number of rotatable bonds is 8. The van der Waals surface area contributed by atoms with Crippen LogP contribution < -0.4 is 9.64 Å². The van der Waals surface area contributed by atoms with Gasteiger partial charge in [0.2, 0.25) is 0 Å². The van der Waals surface area contributed by atoms with Crippen LogP contribution in [0.1, 0.15) is 61.1 Å². The average molecular weight is 473 g/mol. The summed E-state index contributed by atoms with van der Waals surface area (Å²) < 4.78 is 5.73. The monoisotopic (exact) mass is 472 g/mol. The maximum Gasteiger partial charge on any atom is 0.253 e. The largest absolute Gasteiger partial charge is 0.494 e. The fourth-order valence-corrected chi connectivity index (χ4v) is 4.53. The van der Waals surface area contributed by atoms with E-state index < -0.39 is 0 Å². The van der Waals surface area contributed by atoms with Gasteiger partial charge in [0.05, 0.1) is 6.61 Å². The number of unbranched alkanes of at least 4 members (excludes halogenated alkanes) is 1. The van der Waals surface area contributed by atoms with Crippen molar-refractivity contribution >= 4 is 11.7 Å². The number of carbonyl (C=O) groups excluding carboxylic acids is 1. The van der Waals surface area contributed by atoms with Crippen molar-refractivity contribution in [3.8, 4) is 17.1 Å². The van der Waals surface area contributed by atoms with Crippen LogP contribution in [0.2, 0.25) is 0 Å². The summed E-state index contributed by atoms with van der Waals surface area (Å²) >= 11 is 0. The van der Waals surface area contributed by atoms with Gasteiger partial charge >= 0.3 is 0 Å². The number of benzene rings is 2. The molecule has 184 valence electrons. The molecule has 0 saturated carbocycles. The molecule has 0 radical (unpaired) electrons. The normalized spacial score (nSPS) is 13.9. The van der Waals surface area contributed by atoms with Crippen molar-refractivity contribution < 1.29 is 9.53 Å². The van der Waals surface area contributed by atoms with Crippen molar-refractivity contribution in [2.45, 2.75) is 46.5 Å². The highest BCUT2D eigenvalue weighted by Crippen LogP contribution is 2.31. The van der Waals surface area contributed by atoms with Gasteiger partial charge in [-0.15, -0.1) is 0 Å². The molecule has 0 bridgehead atoms. The first-order valence-electron chi connectivity index (χ1n) is 12.7. The lowest BCUT2D eigenvalue weighted by atomic mass is 10.0. The topological polar surface area (TPSA) is 58.6 Å². The van der Waals surface area contributed by atoms with Crippen LogP contribution in [-0.4, -0.2) is 53.6 Å². The van der Waals surface area contributed by atoms with E-state index in [1.165, 1.54) is 5.56 Å². The molecule has 4 rings (SSSR count). The predicted octanol–water partition coefficient (Wildman–Crippen LogP) is 5.72. The van der Waals surface area contributed by atoms with Gasteiger partial charge in [-0.2, -0.15) is 0 Å². The SMILES string of the molecule is CCCCOc1ccc(C(=O)N2CCN(c3nc(-c4ccccc4)nc(C)c3C(C)C)CC2)cc1. The Labute approximate surface area is 209 Å². The van der Waals surface area contributed by atoms with E-state index in [1.807, 2.05) is 59.5 Å². The van der Waals surface area contributed by atoms with Gasteiger partial charge in [-0.25, -0.2) is 9.97 Å². The lowest BCUT2D eigenvalue weighted by molar-refractivity contribution is 0.0746. The average Bonchev–Trinajstić information content (AvgIpc) is 2.89. The zero-order valence-corrected chi connectivity index (χ0v) is 21.3. The molecule has 1 fully saturated rings. The number of nitrogens with zero attached hydrogens (tertiary/aromatic N) is 4. The molecule has 35 heavy (non-hydrogen) atoms. The summed E-state index contributed by atoms with van der Waals surface area (Å²) in [5, 5.41) is 0. The maximum absolute atomic E-state index is 13.1. The van der Waals surface area contributed by atoms with Crippen LogP contribution >= 0.6 is 0 Å². The van der Waals surface area contributed by atoms with Crippen LogP contribution in [0.3, 0.4) is 0 Å². The van der Waals surface area contributed by atoms with Gasteiger partial charge in [-0.1, -0.05) is 57.5 Å². The third-order valence-corrected chi connectivity index (χ3v) is 6.46. The smallest absolute Gasteiger partial charge is 0.253 e. The molecule has 0 N–H and O–H groups in total. The Bertz CT molecular complexity index is 1120. The third-order valence-electron chi connectivity index (χ3n) is 6.46. The highest BCUT2D eigenvalue weighted by molar-refractivity contribution is 5.94. The van der Waals surface area contributed by atoms with E-state index in [-0.39, 0.29) is 5.91 Å². The van der Waals surface area contributed by atoms with E-state index in [2.05, 4.69) is 32.6 Å². The zero-order chi connectivity index (χ0) is 24.8. The van der Waals surface area contributed by atoms with Crippen LogP contribution in [0, 0.1) is 6.92 Å². The molecule has 0 spiro atoms. The van der Waals surface area contributed by atoms with Crippen molar-refractivity contribution in [3.05, 3.63) is 71.4 Å². The van der Waals surface area contributed by atoms with Crippen molar-refractivity contribution in [2.24, 2.45) is 0 Å². The molecule has 3 aromatic rings. The van der Waals surface area contributed by atoms with E-state index >= 15 is 0 Å². The number of hydrogen-bond acceptors (Lipinski definition) is 5. The van der Waals surface area contributed by atoms with E-state index in [0.717, 1.165) is 54.6 Å². The predicted molar refractivity (Wildman–Crippen MR) is 141 cm³/mol. The number of aryl methyl sites for hydroxylation is 1. The fourth-order valence-electron chi connectivity index (χ4n) is 4.53. The van der Waals surface area contributed by atoms with Crippen molar-refractivity contribution in [3.63, 3.8) is 0 Å². The first-order chi connectivity index (χ1) is 17.0. The van der Waals surface area contributed by atoms with Crippen LogP contribution in [0.25, 0.3) is 11.4 Å². The first kappa shape index (κ1) is 24.7. The van der Waals surface area contributed by atoms with Crippen LogP contribution in [0.4, 0.5) is 5.82 Å². The molecule has 2 heterocycles. The van der Waals surface area contributed by atoms with Gasteiger partial charge in [-0.3, -0.25) is 4.79 Å². The molecular weight excluding hydrogens is 436 g/mol. The molecule has 1 aliphatic rings. The quantitative estimate of drug-likeness (QED) is 0.393. The maximum atomic E-state index is 13.1. The highest BCUT2D eigenvalue weighted by atomic mass is 16.5. The minimum Gasteiger partial charge on any atom is -0.494 e. The molecule has 0 aliphatic carbocycles. The van der Waals surface area contributed by atoms with Gasteiger partial charge in [0.15, 0.2) is 5.82 Å². The van der Waals surface area contributed by atoms with Crippen LogP contribution in [0.5, 0.6) is 5.75 Å². The van der Waals surface area contributed by atoms with Gasteiger partial charge in [0.25, 0.3) is 5.91 Å². The Morgan fingerprint density at radius 1 is 0.971 bits per heavy atom. The molecule has 1 aliphatic heterocycles. The van der Waals surface area contributed by atoms with Gasteiger partial charge in [0, 0.05) is 48.6 Å². The third kappa shape index (κ3) is 5.81. The van der Waals surface area contributed by atoms with Gasteiger partial charge in [0.1, 0.15) is 11.6 Å². The summed E-state index contributed by atoms with van der Waals surface area (Å²) in [6.45, 7) is 12.1. The number of piperazine rings is 1. The molecule has 0 atom stereocenters. The van der Waals surface area contributed by atoms with Crippen LogP contribution in [0.15, 0.2) is 54.6 Å². The second-order valence-corrected chi connectivity index (χ2v) is 9.40. The summed E-state index contributed by atoms with van der Waals surface area (Å²) in [7, 11) is 0. The number of aromatic nitrogens is 2. The lowest BCUT2D eigenvalue weighted by Crippen LogP contribution is -2.49. The summed E-state index contributed by atoms with van der Waals surface area (Å²) in [5.74, 6) is 2.94. The highest BCUT2D eigenvalue weighted by Gasteiger charge is 2.26. The lowest BCUT2D eigenvalue weighted by Gasteiger charge is -2.37. The zero-order valence-electron chi connectivity index (χ0n) is 21.3. The second kappa shape index (κ2) is 11.3. The summed E-state index contributed by atoms with van der Waals surface area (Å²) in [6.07, 6.45) is 2.13. The summed E-state index contributed by atoms with van der Waals surface area (Å²) in [5.41, 5.74) is 3.92. The van der Waals surface area contributed by atoms with Crippen molar-refractivity contribution in [2.75, 3.05) is 37.7 Å². The van der Waals surface area contributed by atoms with E-state index in [1.54, 1.807) is 0 Å². The Hall–Kier alpha value is -3.41. The molecule has 1 aromatic heterocycles. The van der Waals surface area contributed by atoms with Crippen molar-refractivity contribution in [1.82, 2.24) is 14.9 Å². The van der Waals surface area contributed by atoms with Crippen LogP contribution in [-0.2, 0) is 0 Å². The molecule has 1 saturated heterocycles. The molecule has 2 aromatic carbocycles. The van der Waals surface area contributed by atoms with E-state index in [9.17, 15) is 4.79 Å². The molecular formula is C29H36N4O2. The van der Waals surface area contributed by atoms with E-state index in [4.69, 9.17) is 14.7 Å². The molecule has 6 nitrogen and oxygen atoms in total. The minimum atomic E-state index is 0.0673. The van der Waals surface area contributed by atoms with Gasteiger partial charge in [-0.05, 0) is 43.5 Å². The minimum absolute atomic E-state index is 0.0673. The number of anilines is 1. The Kier molecular flexibility index (Phi) is 8.01. The van der Waals surface area contributed by atoms with Gasteiger partial charge < -0.3 is 14.5 Å². The number of hydrogen-bond donors (Lipinski definition) is 0. The molecule has 6 heteroatoms. The number of ether oxygens (including phenoxy) is 1. The summed E-state index contributed by atoms with van der Waals surface area (Å²) in [6, 6.07) is 17.6. The second-order valence-electron chi connectivity index (χ2n) is 9.40. The van der Waals surface area contributed by atoms with E-state index in [0.29, 0.717) is 31.2 Å². The molecule has 1 amide bonds. The first-order valence-corrected chi connectivity index (χ1v) is 12.7. The number of amides is 1. The summed E-state index contributed by atoms with van der Waals surface area (Å²) in [4.78, 5) is 27.2. The number of carbonyl (C=O) groups is 1. The Morgan fingerprint density at radius 3 is 2.29 bits per heavy atom. The fraction of sp³-hybridized carbons (Fsp3) is 0.414. The van der Waals surface area contributed by atoms with Crippen molar-refractivity contribution in [1.29, 1.82) is 0 Å². The standard InChI is InChI=1S/C29H36N4O2/c1-5-6-20-35-25-14-12-24(13-15-25)29(34)33-18-16-32(17-19-33)28-26(21(2)3)22(4)30-27(31-28)23-10-8-7-9-11-23/h7-15,21H,5-6,16-20H2,1-4H3. The Balaban J connectivity index is 1.47. The Morgan fingerprint density at radius 2 is 1.66 bits per heavy atom. The molecule has 0 unspecified atom stereocenters.